The van der Waals surface area contributed by atoms with Crippen LogP contribution in [0.4, 0.5) is 0 Å². The molecule has 1 aliphatic rings. The van der Waals surface area contributed by atoms with Gasteiger partial charge in [-0.25, -0.2) is 0 Å². The molecule has 0 radical (unpaired) electrons. The molecule has 2 nitrogen and oxygen atoms in total. The molecule has 17 heavy (non-hydrogen) atoms. The molecule has 0 bridgehead atoms. The van der Waals surface area contributed by atoms with E-state index in [2.05, 4.69) is 45.5 Å². The Morgan fingerprint density at radius 2 is 2.29 bits per heavy atom. The van der Waals surface area contributed by atoms with Crippen molar-refractivity contribution in [2.24, 2.45) is 0 Å². The fourth-order valence-corrected chi connectivity index (χ4v) is 2.48. The zero-order valence-electron chi connectivity index (χ0n) is 10.1. The van der Waals surface area contributed by atoms with Crippen molar-refractivity contribution < 1.29 is 4.79 Å². The molecule has 2 rings (SSSR count). The first kappa shape index (κ1) is 12.6. The largest absolute Gasteiger partial charge is 0.348 e. The van der Waals surface area contributed by atoms with Gasteiger partial charge < -0.3 is 5.32 Å². The molecule has 1 aliphatic carbocycles. The summed E-state index contributed by atoms with van der Waals surface area (Å²) in [5.74, 6) is 0.106. The number of amides is 1. The zero-order chi connectivity index (χ0) is 12.3. The SMILES string of the molecule is CCC(Br)C(=O)NC1CCCc2ccccc21. The van der Waals surface area contributed by atoms with E-state index in [1.807, 2.05) is 6.92 Å². The second kappa shape index (κ2) is 5.67. The van der Waals surface area contributed by atoms with Crippen molar-refractivity contribution in [3.63, 3.8) is 0 Å². The van der Waals surface area contributed by atoms with Crippen molar-refractivity contribution >= 4 is 21.8 Å². The van der Waals surface area contributed by atoms with Gasteiger partial charge in [-0.15, -0.1) is 0 Å². The fraction of sp³-hybridized carbons (Fsp3) is 0.500. The van der Waals surface area contributed by atoms with Crippen LogP contribution in [0.2, 0.25) is 0 Å². The molecule has 1 aromatic carbocycles. The minimum absolute atomic E-state index is 0.0726. The number of benzene rings is 1. The van der Waals surface area contributed by atoms with Crippen molar-refractivity contribution in [1.29, 1.82) is 0 Å². The van der Waals surface area contributed by atoms with Crippen molar-refractivity contribution in [3.8, 4) is 0 Å². The number of hydrogen-bond acceptors (Lipinski definition) is 1. The summed E-state index contributed by atoms with van der Waals surface area (Å²) in [6.07, 6.45) is 4.15. The van der Waals surface area contributed by atoms with E-state index in [0.717, 1.165) is 25.7 Å². The van der Waals surface area contributed by atoms with Gasteiger partial charge in [0, 0.05) is 0 Å². The summed E-state index contributed by atoms with van der Waals surface area (Å²) in [5, 5.41) is 3.14. The van der Waals surface area contributed by atoms with Gasteiger partial charge in [0.2, 0.25) is 5.91 Å². The maximum atomic E-state index is 11.9. The summed E-state index contributed by atoms with van der Waals surface area (Å²) in [5.41, 5.74) is 2.68. The smallest absolute Gasteiger partial charge is 0.234 e. The third-order valence-corrected chi connectivity index (χ3v) is 4.39. The van der Waals surface area contributed by atoms with Gasteiger partial charge in [0.25, 0.3) is 0 Å². The van der Waals surface area contributed by atoms with Crippen LogP contribution in [0.25, 0.3) is 0 Å². The average molecular weight is 296 g/mol. The van der Waals surface area contributed by atoms with Crippen molar-refractivity contribution in [1.82, 2.24) is 5.32 Å². The second-order valence-electron chi connectivity index (χ2n) is 4.53. The van der Waals surface area contributed by atoms with Gasteiger partial charge in [0.05, 0.1) is 10.9 Å². The Kier molecular flexibility index (Phi) is 4.21. The molecule has 0 aromatic heterocycles. The number of aryl methyl sites for hydroxylation is 1. The van der Waals surface area contributed by atoms with E-state index < -0.39 is 0 Å². The summed E-state index contributed by atoms with van der Waals surface area (Å²) in [4.78, 5) is 11.8. The lowest BCUT2D eigenvalue weighted by molar-refractivity contribution is -0.121. The van der Waals surface area contributed by atoms with E-state index >= 15 is 0 Å². The number of halogens is 1. The first-order chi connectivity index (χ1) is 8.22. The van der Waals surface area contributed by atoms with Gasteiger partial charge in [-0.05, 0) is 36.8 Å². The number of alkyl halides is 1. The van der Waals surface area contributed by atoms with Gasteiger partial charge in [0.1, 0.15) is 0 Å². The third-order valence-electron chi connectivity index (χ3n) is 3.33. The van der Waals surface area contributed by atoms with E-state index in [4.69, 9.17) is 0 Å². The van der Waals surface area contributed by atoms with Gasteiger partial charge in [-0.2, -0.15) is 0 Å². The molecule has 3 heteroatoms. The molecule has 0 heterocycles. The maximum absolute atomic E-state index is 11.9. The minimum atomic E-state index is -0.0726. The lowest BCUT2D eigenvalue weighted by atomic mass is 9.87. The first-order valence-corrected chi connectivity index (χ1v) is 7.16. The predicted octanol–water partition coefficient (Wildman–Crippen LogP) is 3.35. The standard InChI is InChI=1S/C14H18BrNO/c1-2-12(15)14(17)16-13-9-5-7-10-6-3-4-8-11(10)13/h3-4,6,8,12-13H,2,5,7,9H2,1H3,(H,16,17). The van der Waals surface area contributed by atoms with E-state index in [9.17, 15) is 4.79 Å². The average Bonchev–Trinajstić information content (AvgIpc) is 2.38. The zero-order valence-corrected chi connectivity index (χ0v) is 11.7. The Bertz CT molecular complexity index is 405. The van der Waals surface area contributed by atoms with Crippen molar-refractivity contribution in [2.75, 3.05) is 0 Å². The molecule has 0 saturated carbocycles. The number of fused-ring (bicyclic) bond motifs is 1. The molecule has 0 fully saturated rings. The Balaban J connectivity index is 2.11. The van der Waals surface area contributed by atoms with Crippen LogP contribution in [0.1, 0.15) is 43.4 Å². The van der Waals surface area contributed by atoms with Gasteiger partial charge in [-0.3, -0.25) is 4.79 Å². The van der Waals surface area contributed by atoms with Crippen LogP contribution < -0.4 is 5.32 Å². The van der Waals surface area contributed by atoms with Crippen LogP contribution in [-0.4, -0.2) is 10.7 Å². The molecule has 92 valence electrons. The molecule has 1 N–H and O–H groups in total. The highest BCUT2D eigenvalue weighted by Gasteiger charge is 2.23. The molecular formula is C14H18BrNO. The van der Waals surface area contributed by atoms with Crippen LogP contribution in [0.15, 0.2) is 24.3 Å². The van der Waals surface area contributed by atoms with Crippen LogP contribution in [0.3, 0.4) is 0 Å². The van der Waals surface area contributed by atoms with E-state index in [-0.39, 0.29) is 16.8 Å². The lowest BCUT2D eigenvalue weighted by Crippen LogP contribution is -2.35. The van der Waals surface area contributed by atoms with Gasteiger partial charge in [0.15, 0.2) is 0 Å². The molecule has 1 amide bonds. The number of carbonyl (C=O) groups is 1. The van der Waals surface area contributed by atoms with E-state index in [1.54, 1.807) is 0 Å². The van der Waals surface area contributed by atoms with Gasteiger partial charge in [-0.1, -0.05) is 47.1 Å². The van der Waals surface area contributed by atoms with E-state index in [1.165, 1.54) is 11.1 Å². The summed E-state index contributed by atoms with van der Waals surface area (Å²) in [6.45, 7) is 2.01. The Morgan fingerprint density at radius 3 is 3.06 bits per heavy atom. The Labute approximate surface area is 111 Å². The van der Waals surface area contributed by atoms with Crippen LogP contribution >= 0.6 is 15.9 Å². The summed E-state index contributed by atoms with van der Waals surface area (Å²) in [6, 6.07) is 8.62. The van der Waals surface area contributed by atoms with Crippen molar-refractivity contribution in [3.05, 3.63) is 35.4 Å². The molecule has 0 saturated heterocycles. The Hall–Kier alpha value is -0.830. The summed E-state index contributed by atoms with van der Waals surface area (Å²) >= 11 is 3.40. The van der Waals surface area contributed by atoms with Crippen LogP contribution in [-0.2, 0) is 11.2 Å². The van der Waals surface area contributed by atoms with Crippen molar-refractivity contribution in [2.45, 2.75) is 43.5 Å². The maximum Gasteiger partial charge on any atom is 0.234 e. The third kappa shape index (κ3) is 2.89. The predicted molar refractivity (Wildman–Crippen MR) is 73.3 cm³/mol. The minimum Gasteiger partial charge on any atom is -0.348 e. The number of nitrogens with one attached hydrogen (secondary N) is 1. The summed E-state index contributed by atoms with van der Waals surface area (Å²) < 4.78 is 0. The lowest BCUT2D eigenvalue weighted by Gasteiger charge is -2.27. The number of hydrogen-bond donors (Lipinski definition) is 1. The second-order valence-corrected chi connectivity index (χ2v) is 5.63. The molecule has 0 spiro atoms. The topological polar surface area (TPSA) is 29.1 Å². The number of rotatable bonds is 3. The summed E-state index contributed by atoms with van der Waals surface area (Å²) in [7, 11) is 0. The highest BCUT2D eigenvalue weighted by Crippen LogP contribution is 2.29. The fourth-order valence-electron chi connectivity index (χ4n) is 2.35. The molecule has 2 unspecified atom stereocenters. The van der Waals surface area contributed by atoms with E-state index in [0.29, 0.717) is 0 Å². The van der Waals surface area contributed by atoms with Crippen LogP contribution in [0.5, 0.6) is 0 Å². The quantitative estimate of drug-likeness (QED) is 0.851. The highest BCUT2D eigenvalue weighted by molar-refractivity contribution is 9.10. The normalized spacial score (nSPS) is 20.5. The van der Waals surface area contributed by atoms with Crippen LogP contribution in [0, 0.1) is 0 Å². The molecule has 1 aromatic rings. The first-order valence-electron chi connectivity index (χ1n) is 6.24. The number of carbonyl (C=O) groups excluding carboxylic acids is 1. The Morgan fingerprint density at radius 1 is 1.53 bits per heavy atom. The molecule has 0 aliphatic heterocycles. The molecular weight excluding hydrogens is 278 g/mol. The monoisotopic (exact) mass is 295 g/mol. The molecule has 2 atom stereocenters. The van der Waals surface area contributed by atoms with Gasteiger partial charge >= 0.3 is 0 Å². The highest BCUT2D eigenvalue weighted by atomic mass is 79.9.